The second-order valence-electron chi connectivity index (χ2n) is 8.10. The number of amides is 2. The van der Waals surface area contributed by atoms with E-state index < -0.39 is 0 Å². The molecular formula is C25H31N3O3. The van der Waals surface area contributed by atoms with Gasteiger partial charge >= 0.3 is 0 Å². The summed E-state index contributed by atoms with van der Waals surface area (Å²) in [5.74, 6) is 0.277. The van der Waals surface area contributed by atoms with Gasteiger partial charge in [0, 0.05) is 45.1 Å². The van der Waals surface area contributed by atoms with Gasteiger partial charge in [0.15, 0.2) is 5.78 Å². The normalized spacial score (nSPS) is 13.5. The number of likely N-dealkylation sites (tertiary alicyclic amines) is 1. The SMILES string of the molecule is CN(Cc1cccc(-c2ccc(C(=O)CCCCN3CCCC3=O)cc2)c1)C(=O)CN. The maximum absolute atomic E-state index is 12.5. The molecule has 2 aromatic rings. The Morgan fingerprint density at radius 2 is 1.84 bits per heavy atom. The van der Waals surface area contributed by atoms with Crippen molar-refractivity contribution in [1.82, 2.24) is 9.80 Å². The first-order valence-corrected chi connectivity index (χ1v) is 10.9. The largest absolute Gasteiger partial charge is 0.343 e. The van der Waals surface area contributed by atoms with E-state index in [1.165, 1.54) is 0 Å². The Bertz CT molecular complexity index is 924. The molecule has 0 saturated carbocycles. The van der Waals surface area contributed by atoms with Crippen molar-refractivity contribution in [2.75, 3.05) is 26.7 Å². The van der Waals surface area contributed by atoms with Crippen LogP contribution in [0.4, 0.5) is 0 Å². The van der Waals surface area contributed by atoms with Crippen LogP contribution in [-0.4, -0.2) is 54.1 Å². The van der Waals surface area contributed by atoms with Crippen molar-refractivity contribution in [3.63, 3.8) is 0 Å². The highest BCUT2D eigenvalue weighted by Crippen LogP contribution is 2.22. The van der Waals surface area contributed by atoms with Crippen LogP contribution in [0.3, 0.4) is 0 Å². The zero-order chi connectivity index (χ0) is 22.2. The fraction of sp³-hybridized carbons (Fsp3) is 0.400. The van der Waals surface area contributed by atoms with E-state index in [9.17, 15) is 14.4 Å². The molecule has 6 heteroatoms. The fourth-order valence-electron chi connectivity index (χ4n) is 3.89. The van der Waals surface area contributed by atoms with Gasteiger partial charge in [-0.1, -0.05) is 42.5 Å². The first-order valence-electron chi connectivity index (χ1n) is 10.9. The molecule has 2 aromatic carbocycles. The minimum absolute atomic E-state index is 0.00205. The molecule has 6 nitrogen and oxygen atoms in total. The number of Topliss-reactive ketones (excluding diaryl/α,β-unsaturated/α-hetero) is 1. The number of nitrogens with zero attached hydrogens (tertiary/aromatic N) is 2. The number of hydrogen-bond acceptors (Lipinski definition) is 4. The zero-order valence-electron chi connectivity index (χ0n) is 18.2. The summed E-state index contributed by atoms with van der Waals surface area (Å²) >= 11 is 0. The number of likely N-dealkylation sites (N-methyl/N-ethyl adjacent to an activating group) is 1. The molecule has 1 aliphatic heterocycles. The van der Waals surface area contributed by atoms with Gasteiger partial charge in [0.25, 0.3) is 0 Å². The molecule has 2 amide bonds. The third-order valence-electron chi connectivity index (χ3n) is 5.74. The maximum atomic E-state index is 12.5. The van der Waals surface area contributed by atoms with Crippen LogP contribution in [0, 0.1) is 0 Å². The molecule has 2 N–H and O–H groups in total. The summed E-state index contributed by atoms with van der Waals surface area (Å²) in [6.07, 6.45) is 3.77. The van der Waals surface area contributed by atoms with E-state index in [1.54, 1.807) is 11.9 Å². The Morgan fingerprint density at radius 1 is 1.06 bits per heavy atom. The number of nitrogens with two attached hydrogens (primary N) is 1. The van der Waals surface area contributed by atoms with Gasteiger partial charge in [0.05, 0.1) is 6.54 Å². The summed E-state index contributed by atoms with van der Waals surface area (Å²) < 4.78 is 0. The first kappa shape index (κ1) is 22.7. The number of unbranched alkanes of at least 4 members (excludes halogenated alkanes) is 1. The molecule has 0 bridgehead atoms. The van der Waals surface area contributed by atoms with Gasteiger partial charge < -0.3 is 15.5 Å². The van der Waals surface area contributed by atoms with E-state index in [0.717, 1.165) is 49.0 Å². The third-order valence-corrected chi connectivity index (χ3v) is 5.74. The topological polar surface area (TPSA) is 83.7 Å². The van der Waals surface area contributed by atoms with Crippen LogP contribution in [0.25, 0.3) is 11.1 Å². The van der Waals surface area contributed by atoms with Crippen LogP contribution >= 0.6 is 0 Å². The van der Waals surface area contributed by atoms with Crippen molar-refractivity contribution < 1.29 is 14.4 Å². The fourth-order valence-corrected chi connectivity index (χ4v) is 3.89. The van der Waals surface area contributed by atoms with Gasteiger partial charge in [-0.05, 0) is 42.0 Å². The lowest BCUT2D eigenvalue weighted by molar-refractivity contribution is -0.129. The molecule has 0 aromatic heterocycles. The van der Waals surface area contributed by atoms with Crippen LogP contribution in [-0.2, 0) is 16.1 Å². The van der Waals surface area contributed by atoms with Gasteiger partial charge in [-0.2, -0.15) is 0 Å². The Hall–Kier alpha value is -2.99. The van der Waals surface area contributed by atoms with Gasteiger partial charge in [0.2, 0.25) is 11.8 Å². The van der Waals surface area contributed by atoms with E-state index in [1.807, 2.05) is 47.4 Å². The van der Waals surface area contributed by atoms with Crippen molar-refractivity contribution in [2.24, 2.45) is 5.73 Å². The summed E-state index contributed by atoms with van der Waals surface area (Å²) in [5.41, 5.74) is 9.23. The molecule has 0 aliphatic carbocycles. The average Bonchev–Trinajstić information content (AvgIpc) is 3.20. The second kappa shape index (κ2) is 10.9. The van der Waals surface area contributed by atoms with Crippen LogP contribution in [0.15, 0.2) is 48.5 Å². The monoisotopic (exact) mass is 421 g/mol. The van der Waals surface area contributed by atoms with Crippen molar-refractivity contribution >= 4 is 17.6 Å². The second-order valence-corrected chi connectivity index (χ2v) is 8.10. The summed E-state index contributed by atoms with van der Waals surface area (Å²) in [5, 5.41) is 0. The number of benzene rings is 2. The smallest absolute Gasteiger partial charge is 0.236 e. The lowest BCUT2D eigenvalue weighted by Gasteiger charge is -2.16. The molecule has 0 atom stereocenters. The number of hydrogen-bond donors (Lipinski definition) is 1. The van der Waals surface area contributed by atoms with Crippen molar-refractivity contribution in [2.45, 2.75) is 38.6 Å². The molecule has 1 fully saturated rings. The Balaban J connectivity index is 1.53. The molecule has 1 aliphatic rings. The highest BCUT2D eigenvalue weighted by molar-refractivity contribution is 5.96. The molecule has 0 spiro atoms. The minimum Gasteiger partial charge on any atom is -0.343 e. The van der Waals surface area contributed by atoms with E-state index >= 15 is 0 Å². The molecule has 164 valence electrons. The standard InChI is InChI=1S/C25H31N3O3/c1-27(25(31)17-26)18-19-6-4-7-22(16-19)20-10-12-21(13-11-20)23(29)8-2-3-14-28-15-5-9-24(28)30/h4,6-7,10-13,16H,2-3,5,8-9,14-15,17-18,26H2,1H3. The van der Waals surface area contributed by atoms with E-state index in [-0.39, 0.29) is 24.1 Å². The number of rotatable bonds is 10. The van der Waals surface area contributed by atoms with Crippen LogP contribution < -0.4 is 5.73 Å². The molecule has 1 saturated heterocycles. The van der Waals surface area contributed by atoms with Crippen molar-refractivity contribution in [3.8, 4) is 11.1 Å². The summed E-state index contributed by atoms with van der Waals surface area (Å²) in [7, 11) is 1.74. The molecule has 3 rings (SSSR count). The number of carbonyl (C=O) groups is 3. The molecular weight excluding hydrogens is 390 g/mol. The zero-order valence-corrected chi connectivity index (χ0v) is 18.2. The summed E-state index contributed by atoms with van der Waals surface area (Å²) in [4.78, 5) is 39.3. The first-order chi connectivity index (χ1) is 15.0. The predicted molar refractivity (Wildman–Crippen MR) is 121 cm³/mol. The van der Waals surface area contributed by atoms with Crippen molar-refractivity contribution in [1.29, 1.82) is 0 Å². The summed E-state index contributed by atoms with van der Waals surface area (Å²) in [6.45, 7) is 2.12. The number of ketones is 1. The molecule has 0 unspecified atom stereocenters. The Morgan fingerprint density at radius 3 is 2.52 bits per heavy atom. The van der Waals surface area contributed by atoms with E-state index in [2.05, 4.69) is 6.07 Å². The average molecular weight is 422 g/mol. The van der Waals surface area contributed by atoms with Gasteiger partial charge in [-0.25, -0.2) is 0 Å². The van der Waals surface area contributed by atoms with Crippen LogP contribution in [0.2, 0.25) is 0 Å². The maximum Gasteiger partial charge on any atom is 0.236 e. The summed E-state index contributed by atoms with van der Waals surface area (Å²) in [6, 6.07) is 15.7. The highest BCUT2D eigenvalue weighted by atomic mass is 16.2. The number of carbonyl (C=O) groups excluding carboxylic acids is 3. The van der Waals surface area contributed by atoms with Gasteiger partial charge in [-0.3, -0.25) is 14.4 Å². The van der Waals surface area contributed by atoms with E-state index in [4.69, 9.17) is 5.73 Å². The van der Waals surface area contributed by atoms with E-state index in [0.29, 0.717) is 24.9 Å². The van der Waals surface area contributed by atoms with Gasteiger partial charge in [-0.15, -0.1) is 0 Å². The Labute approximate surface area is 184 Å². The molecule has 0 radical (unpaired) electrons. The molecule has 1 heterocycles. The quantitative estimate of drug-likeness (QED) is 0.471. The lowest BCUT2D eigenvalue weighted by atomic mass is 9.99. The van der Waals surface area contributed by atoms with Crippen molar-refractivity contribution in [3.05, 3.63) is 59.7 Å². The minimum atomic E-state index is -0.0969. The predicted octanol–water partition coefficient (Wildman–Crippen LogP) is 3.25. The molecule has 31 heavy (non-hydrogen) atoms. The Kier molecular flexibility index (Phi) is 7.95. The third kappa shape index (κ3) is 6.25. The lowest BCUT2D eigenvalue weighted by Crippen LogP contribution is -2.32. The van der Waals surface area contributed by atoms with Crippen LogP contribution in [0.5, 0.6) is 0 Å². The highest BCUT2D eigenvalue weighted by Gasteiger charge is 2.19. The van der Waals surface area contributed by atoms with Gasteiger partial charge in [0.1, 0.15) is 0 Å². The van der Waals surface area contributed by atoms with Crippen LogP contribution in [0.1, 0.15) is 48.0 Å².